The molecule has 1 aromatic carbocycles. The monoisotopic (exact) mass is 245 g/mol. The minimum absolute atomic E-state index is 0.0985. The summed E-state index contributed by atoms with van der Waals surface area (Å²) in [6.45, 7) is 0.597. The summed E-state index contributed by atoms with van der Waals surface area (Å²) in [7, 11) is 0. The first-order chi connectivity index (χ1) is 8.75. The molecule has 0 heterocycles. The molecule has 0 aliphatic heterocycles. The van der Waals surface area contributed by atoms with Crippen molar-refractivity contribution in [3.05, 3.63) is 35.4 Å². The molecule has 0 amide bonds. The van der Waals surface area contributed by atoms with Crippen LogP contribution in [0.4, 0.5) is 0 Å². The van der Waals surface area contributed by atoms with Gasteiger partial charge in [0.05, 0.1) is 6.10 Å². The van der Waals surface area contributed by atoms with Gasteiger partial charge in [0, 0.05) is 12.0 Å². The van der Waals surface area contributed by atoms with Gasteiger partial charge >= 0.3 is 0 Å². The second kappa shape index (κ2) is 4.67. The number of nitrogens with two attached hydrogens (primary N) is 1. The molecule has 1 unspecified atom stereocenters. The first-order valence-electron chi connectivity index (χ1n) is 7.20. The van der Waals surface area contributed by atoms with E-state index in [9.17, 15) is 5.11 Å². The summed E-state index contributed by atoms with van der Waals surface area (Å²) in [6.07, 6.45) is 6.59. The van der Waals surface area contributed by atoms with Gasteiger partial charge in [0.15, 0.2) is 0 Å². The first-order valence-corrected chi connectivity index (χ1v) is 7.20. The van der Waals surface area contributed by atoms with Crippen LogP contribution in [0.5, 0.6) is 0 Å². The highest BCUT2D eigenvalue weighted by atomic mass is 16.3. The number of hydrogen-bond acceptors (Lipinski definition) is 2. The van der Waals surface area contributed by atoms with Gasteiger partial charge in [-0.05, 0) is 42.7 Å². The maximum Gasteiger partial charge on any atom is 0.0643 e. The van der Waals surface area contributed by atoms with Crippen LogP contribution in [0.2, 0.25) is 0 Å². The molecular formula is C16H23NO. The van der Waals surface area contributed by atoms with Gasteiger partial charge in [0.25, 0.3) is 0 Å². The summed E-state index contributed by atoms with van der Waals surface area (Å²) in [5.41, 5.74) is 8.74. The van der Waals surface area contributed by atoms with Crippen LogP contribution in [0.3, 0.4) is 0 Å². The molecule has 0 saturated heterocycles. The quantitative estimate of drug-likeness (QED) is 0.858. The molecule has 0 radical (unpaired) electrons. The van der Waals surface area contributed by atoms with E-state index in [0.717, 1.165) is 12.8 Å². The highest BCUT2D eigenvalue weighted by molar-refractivity contribution is 5.35. The van der Waals surface area contributed by atoms with Crippen LogP contribution < -0.4 is 5.73 Å². The van der Waals surface area contributed by atoms with E-state index in [1.807, 2.05) is 0 Å². The molecule has 1 aromatic rings. The molecule has 2 heteroatoms. The van der Waals surface area contributed by atoms with Crippen LogP contribution in [-0.2, 0) is 12.8 Å². The van der Waals surface area contributed by atoms with Gasteiger partial charge in [-0.3, -0.25) is 0 Å². The molecule has 1 fully saturated rings. The molecule has 3 N–H and O–H groups in total. The van der Waals surface area contributed by atoms with Crippen LogP contribution in [0.25, 0.3) is 0 Å². The summed E-state index contributed by atoms with van der Waals surface area (Å²) in [5.74, 6) is 0.475. The van der Waals surface area contributed by atoms with Crippen LogP contribution in [0.1, 0.15) is 36.8 Å². The van der Waals surface area contributed by atoms with Crippen LogP contribution in [-0.4, -0.2) is 17.8 Å². The topological polar surface area (TPSA) is 46.2 Å². The van der Waals surface area contributed by atoms with Gasteiger partial charge in [0.1, 0.15) is 0 Å². The van der Waals surface area contributed by atoms with E-state index in [1.54, 1.807) is 0 Å². The van der Waals surface area contributed by atoms with E-state index < -0.39 is 0 Å². The van der Waals surface area contributed by atoms with Crippen molar-refractivity contribution in [1.82, 2.24) is 0 Å². The Balaban J connectivity index is 1.84. The fraction of sp³-hybridized carbons (Fsp3) is 0.625. The Kier molecular flexibility index (Phi) is 3.16. The maximum atomic E-state index is 10.8. The third-order valence-corrected chi connectivity index (χ3v) is 5.08. The molecule has 1 saturated carbocycles. The molecule has 2 aliphatic rings. The van der Waals surface area contributed by atoms with Crippen LogP contribution in [0.15, 0.2) is 24.3 Å². The lowest BCUT2D eigenvalue weighted by Crippen LogP contribution is -2.46. The van der Waals surface area contributed by atoms with Gasteiger partial charge in [0.2, 0.25) is 0 Å². The molecule has 2 nitrogen and oxygen atoms in total. The van der Waals surface area contributed by atoms with Crippen molar-refractivity contribution in [2.75, 3.05) is 6.54 Å². The van der Waals surface area contributed by atoms with Gasteiger partial charge in [-0.15, -0.1) is 0 Å². The van der Waals surface area contributed by atoms with Gasteiger partial charge < -0.3 is 10.8 Å². The summed E-state index contributed by atoms with van der Waals surface area (Å²) in [5, 5.41) is 10.8. The Hall–Kier alpha value is -0.860. The summed E-state index contributed by atoms with van der Waals surface area (Å²) in [6, 6.07) is 8.56. The average molecular weight is 245 g/mol. The van der Waals surface area contributed by atoms with E-state index in [2.05, 4.69) is 24.3 Å². The average Bonchev–Trinajstić information content (AvgIpc) is 3.05. The maximum absolute atomic E-state index is 10.8. The molecule has 3 rings (SSSR count). The van der Waals surface area contributed by atoms with Crippen molar-refractivity contribution in [2.24, 2.45) is 17.1 Å². The standard InChI is InChI=1S/C16H23NO/c17-11-16(15(18)12-5-1-2-6-12)9-13-7-3-4-8-14(13)10-16/h3-4,7-8,12,15,18H,1-2,5-6,9-11,17H2. The highest BCUT2D eigenvalue weighted by Gasteiger charge is 2.45. The van der Waals surface area contributed by atoms with Gasteiger partial charge in [-0.25, -0.2) is 0 Å². The molecule has 1 atom stereocenters. The molecule has 0 aromatic heterocycles. The lowest BCUT2D eigenvalue weighted by atomic mass is 9.73. The molecular weight excluding hydrogens is 222 g/mol. The Morgan fingerprint density at radius 1 is 1.17 bits per heavy atom. The molecule has 0 bridgehead atoms. The zero-order valence-corrected chi connectivity index (χ0v) is 10.9. The van der Waals surface area contributed by atoms with E-state index in [-0.39, 0.29) is 11.5 Å². The number of hydrogen-bond donors (Lipinski definition) is 2. The number of aliphatic hydroxyl groups excluding tert-OH is 1. The van der Waals surface area contributed by atoms with E-state index in [4.69, 9.17) is 5.73 Å². The predicted octanol–water partition coefficient (Wildman–Crippen LogP) is 2.28. The normalized spacial score (nSPS) is 24.1. The van der Waals surface area contributed by atoms with Crippen molar-refractivity contribution in [2.45, 2.75) is 44.6 Å². The lowest BCUT2D eigenvalue weighted by molar-refractivity contribution is -0.00748. The third-order valence-electron chi connectivity index (χ3n) is 5.08. The number of fused-ring (bicyclic) bond motifs is 1. The minimum atomic E-state index is -0.225. The Morgan fingerprint density at radius 3 is 2.22 bits per heavy atom. The zero-order valence-electron chi connectivity index (χ0n) is 10.9. The predicted molar refractivity (Wildman–Crippen MR) is 73.3 cm³/mol. The largest absolute Gasteiger partial charge is 0.392 e. The van der Waals surface area contributed by atoms with E-state index in [1.165, 1.54) is 36.8 Å². The fourth-order valence-corrected chi connectivity index (χ4v) is 3.97. The van der Waals surface area contributed by atoms with Crippen molar-refractivity contribution >= 4 is 0 Å². The van der Waals surface area contributed by atoms with Gasteiger partial charge in [-0.1, -0.05) is 37.1 Å². The number of aliphatic hydroxyl groups is 1. The zero-order chi connectivity index (χ0) is 12.6. The SMILES string of the molecule is NCC1(C(O)C2CCCC2)Cc2ccccc2C1. The smallest absolute Gasteiger partial charge is 0.0643 e. The number of benzene rings is 1. The third kappa shape index (κ3) is 1.88. The van der Waals surface area contributed by atoms with E-state index >= 15 is 0 Å². The molecule has 98 valence electrons. The second-order valence-corrected chi connectivity index (χ2v) is 6.18. The lowest BCUT2D eigenvalue weighted by Gasteiger charge is -2.36. The van der Waals surface area contributed by atoms with Crippen LogP contribution in [0, 0.1) is 11.3 Å². The minimum Gasteiger partial charge on any atom is -0.392 e. The highest BCUT2D eigenvalue weighted by Crippen LogP contribution is 2.44. The molecule has 18 heavy (non-hydrogen) atoms. The van der Waals surface area contributed by atoms with Crippen molar-refractivity contribution in [1.29, 1.82) is 0 Å². The van der Waals surface area contributed by atoms with Crippen molar-refractivity contribution in [3.63, 3.8) is 0 Å². The fourth-order valence-electron chi connectivity index (χ4n) is 3.97. The Labute approximate surface area is 109 Å². The summed E-state index contributed by atoms with van der Waals surface area (Å²) in [4.78, 5) is 0. The first kappa shape index (κ1) is 12.2. The summed E-state index contributed by atoms with van der Waals surface area (Å²) >= 11 is 0. The molecule has 2 aliphatic carbocycles. The van der Waals surface area contributed by atoms with E-state index in [0.29, 0.717) is 12.5 Å². The summed E-state index contributed by atoms with van der Waals surface area (Å²) < 4.78 is 0. The van der Waals surface area contributed by atoms with Gasteiger partial charge in [-0.2, -0.15) is 0 Å². The van der Waals surface area contributed by atoms with Crippen molar-refractivity contribution in [3.8, 4) is 0 Å². The Bertz CT molecular complexity index is 398. The number of rotatable bonds is 3. The second-order valence-electron chi connectivity index (χ2n) is 6.18. The Morgan fingerprint density at radius 2 is 1.72 bits per heavy atom. The molecule has 0 spiro atoms. The van der Waals surface area contributed by atoms with Crippen LogP contribution >= 0.6 is 0 Å². The van der Waals surface area contributed by atoms with Crippen molar-refractivity contribution < 1.29 is 5.11 Å².